The quantitative estimate of drug-likeness (QED) is 0.797. The van der Waals surface area contributed by atoms with Crippen LogP contribution in [0.15, 0.2) is 34.9 Å². The average Bonchev–Trinajstić information content (AvgIpc) is 2.88. The van der Waals surface area contributed by atoms with E-state index in [1.165, 1.54) is 0 Å². The first-order valence-corrected chi connectivity index (χ1v) is 6.75. The molecule has 0 unspecified atom stereocenters. The number of aromatic nitrogens is 3. The molecule has 2 heterocycles. The zero-order valence-electron chi connectivity index (χ0n) is 11.0. The van der Waals surface area contributed by atoms with Gasteiger partial charge < -0.3 is 14.5 Å². The molecule has 0 atom stereocenters. The van der Waals surface area contributed by atoms with Gasteiger partial charge in [-0.15, -0.1) is 0 Å². The van der Waals surface area contributed by atoms with Gasteiger partial charge in [0, 0.05) is 10.7 Å². The standard InChI is InChI=1S/C14H12BrN3O2/c1-19-10-4-3-5-11(20-2)12(10)14-17-9-6-8(15)7-16-13(9)18-14/h3-7H,1-2H3,(H,16,17,18). The molecule has 0 saturated heterocycles. The molecule has 0 aliphatic carbocycles. The van der Waals surface area contributed by atoms with Crippen molar-refractivity contribution in [1.82, 2.24) is 15.0 Å². The van der Waals surface area contributed by atoms with E-state index in [2.05, 4.69) is 30.9 Å². The Labute approximate surface area is 124 Å². The fourth-order valence-corrected chi connectivity index (χ4v) is 2.41. The third-order valence-corrected chi connectivity index (χ3v) is 3.40. The van der Waals surface area contributed by atoms with Crippen LogP contribution in [0.1, 0.15) is 0 Å². The molecule has 6 heteroatoms. The number of H-pyrrole nitrogens is 1. The van der Waals surface area contributed by atoms with E-state index >= 15 is 0 Å². The Morgan fingerprint density at radius 2 is 1.85 bits per heavy atom. The van der Waals surface area contributed by atoms with Crippen molar-refractivity contribution in [3.8, 4) is 22.9 Å². The van der Waals surface area contributed by atoms with E-state index in [1.807, 2.05) is 24.3 Å². The van der Waals surface area contributed by atoms with E-state index in [-0.39, 0.29) is 0 Å². The number of rotatable bonds is 3. The lowest BCUT2D eigenvalue weighted by Gasteiger charge is -2.10. The zero-order valence-corrected chi connectivity index (χ0v) is 12.6. The van der Waals surface area contributed by atoms with E-state index in [9.17, 15) is 0 Å². The van der Waals surface area contributed by atoms with E-state index in [0.29, 0.717) is 23.0 Å². The molecule has 0 amide bonds. The zero-order chi connectivity index (χ0) is 14.1. The average molecular weight is 334 g/mol. The highest BCUT2D eigenvalue weighted by Crippen LogP contribution is 2.37. The van der Waals surface area contributed by atoms with Crippen LogP contribution >= 0.6 is 15.9 Å². The summed E-state index contributed by atoms with van der Waals surface area (Å²) in [6, 6.07) is 7.54. The van der Waals surface area contributed by atoms with Crippen molar-refractivity contribution in [2.45, 2.75) is 0 Å². The second-order valence-corrected chi connectivity index (χ2v) is 5.06. The van der Waals surface area contributed by atoms with Gasteiger partial charge in [0.05, 0.1) is 19.7 Å². The lowest BCUT2D eigenvalue weighted by atomic mass is 10.1. The van der Waals surface area contributed by atoms with Crippen LogP contribution in [0.3, 0.4) is 0 Å². The minimum absolute atomic E-state index is 0.649. The van der Waals surface area contributed by atoms with Crippen LogP contribution in [0.25, 0.3) is 22.6 Å². The summed E-state index contributed by atoms with van der Waals surface area (Å²) in [4.78, 5) is 12.0. The fraction of sp³-hybridized carbons (Fsp3) is 0.143. The topological polar surface area (TPSA) is 60.0 Å². The molecule has 2 aromatic heterocycles. The molecule has 5 nitrogen and oxygen atoms in total. The smallest absolute Gasteiger partial charge is 0.178 e. The summed E-state index contributed by atoms with van der Waals surface area (Å²) in [5.74, 6) is 2.06. The molecule has 0 saturated carbocycles. The summed E-state index contributed by atoms with van der Waals surface area (Å²) in [5.41, 5.74) is 2.28. The summed E-state index contributed by atoms with van der Waals surface area (Å²) >= 11 is 3.39. The number of methoxy groups -OCH3 is 2. The fourth-order valence-electron chi connectivity index (χ4n) is 2.08. The predicted molar refractivity (Wildman–Crippen MR) is 80.1 cm³/mol. The molecule has 0 aliphatic heterocycles. The number of nitrogens with one attached hydrogen (secondary N) is 1. The van der Waals surface area contributed by atoms with Crippen molar-refractivity contribution in [2.75, 3.05) is 14.2 Å². The van der Waals surface area contributed by atoms with Gasteiger partial charge in [0.15, 0.2) is 5.65 Å². The van der Waals surface area contributed by atoms with Gasteiger partial charge in [-0.2, -0.15) is 0 Å². The molecule has 0 bridgehead atoms. The number of hydrogen-bond acceptors (Lipinski definition) is 4. The van der Waals surface area contributed by atoms with Gasteiger partial charge in [0.1, 0.15) is 22.9 Å². The number of aromatic amines is 1. The maximum absolute atomic E-state index is 5.39. The first-order valence-electron chi connectivity index (χ1n) is 5.95. The second kappa shape index (κ2) is 5.13. The first-order chi connectivity index (χ1) is 9.72. The van der Waals surface area contributed by atoms with Crippen LogP contribution in [-0.4, -0.2) is 29.2 Å². The Morgan fingerprint density at radius 3 is 2.50 bits per heavy atom. The minimum atomic E-state index is 0.649. The van der Waals surface area contributed by atoms with Gasteiger partial charge >= 0.3 is 0 Å². The van der Waals surface area contributed by atoms with E-state index < -0.39 is 0 Å². The number of halogens is 1. The van der Waals surface area contributed by atoms with Gasteiger partial charge in [-0.3, -0.25) is 0 Å². The van der Waals surface area contributed by atoms with Crippen molar-refractivity contribution in [1.29, 1.82) is 0 Å². The van der Waals surface area contributed by atoms with Crippen LogP contribution in [0.5, 0.6) is 11.5 Å². The third kappa shape index (κ3) is 2.12. The Bertz CT molecular complexity index is 748. The van der Waals surface area contributed by atoms with Crippen LogP contribution in [0, 0.1) is 0 Å². The highest BCUT2D eigenvalue weighted by Gasteiger charge is 2.16. The lowest BCUT2D eigenvalue weighted by molar-refractivity contribution is 0.397. The van der Waals surface area contributed by atoms with Crippen LogP contribution in [0.2, 0.25) is 0 Å². The van der Waals surface area contributed by atoms with Gasteiger partial charge in [-0.05, 0) is 34.1 Å². The Morgan fingerprint density at radius 1 is 1.15 bits per heavy atom. The summed E-state index contributed by atoms with van der Waals surface area (Å²) < 4.78 is 11.7. The molecule has 20 heavy (non-hydrogen) atoms. The molecule has 0 spiro atoms. The molecule has 102 valence electrons. The lowest BCUT2D eigenvalue weighted by Crippen LogP contribution is -1.93. The van der Waals surface area contributed by atoms with Crippen molar-refractivity contribution in [3.63, 3.8) is 0 Å². The Hall–Kier alpha value is -2.08. The minimum Gasteiger partial charge on any atom is -0.496 e. The number of benzene rings is 1. The first kappa shape index (κ1) is 12.9. The molecule has 1 aromatic carbocycles. The molecule has 3 aromatic rings. The van der Waals surface area contributed by atoms with Crippen molar-refractivity contribution in [3.05, 3.63) is 34.9 Å². The van der Waals surface area contributed by atoms with Crippen LogP contribution < -0.4 is 9.47 Å². The third-order valence-electron chi connectivity index (χ3n) is 2.97. The normalized spacial score (nSPS) is 10.8. The summed E-state index contributed by atoms with van der Waals surface area (Å²) in [6.07, 6.45) is 1.71. The number of imidazole rings is 1. The predicted octanol–water partition coefficient (Wildman–Crippen LogP) is 3.40. The molecule has 1 N–H and O–H groups in total. The Kier molecular flexibility index (Phi) is 3.31. The SMILES string of the molecule is COc1cccc(OC)c1-c1nc2ncc(Br)cc2[nH]1. The van der Waals surface area contributed by atoms with E-state index in [4.69, 9.17) is 9.47 Å². The maximum atomic E-state index is 5.39. The second-order valence-electron chi connectivity index (χ2n) is 4.15. The number of hydrogen-bond donors (Lipinski definition) is 1. The van der Waals surface area contributed by atoms with Gasteiger partial charge in [-0.1, -0.05) is 6.07 Å². The van der Waals surface area contributed by atoms with E-state index in [0.717, 1.165) is 15.6 Å². The van der Waals surface area contributed by atoms with E-state index in [1.54, 1.807) is 20.4 Å². The van der Waals surface area contributed by atoms with Crippen molar-refractivity contribution < 1.29 is 9.47 Å². The monoisotopic (exact) mass is 333 g/mol. The Balaban J connectivity index is 2.24. The van der Waals surface area contributed by atoms with Gasteiger partial charge in [0.2, 0.25) is 0 Å². The largest absolute Gasteiger partial charge is 0.496 e. The van der Waals surface area contributed by atoms with Crippen molar-refractivity contribution in [2.24, 2.45) is 0 Å². The van der Waals surface area contributed by atoms with Crippen molar-refractivity contribution >= 4 is 27.1 Å². The maximum Gasteiger partial charge on any atom is 0.178 e. The molecular weight excluding hydrogens is 322 g/mol. The number of fused-ring (bicyclic) bond motifs is 1. The summed E-state index contributed by atoms with van der Waals surface area (Å²) in [7, 11) is 3.24. The number of pyridine rings is 1. The molecule has 3 rings (SSSR count). The summed E-state index contributed by atoms with van der Waals surface area (Å²) in [6.45, 7) is 0. The highest BCUT2D eigenvalue weighted by atomic mass is 79.9. The van der Waals surface area contributed by atoms with Crippen LogP contribution in [-0.2, 0) is 0 Å². The molecule has 0 fully saturated rings. The van der Waals surface area contributed by atoms with Gasteiger partial charge in [0.25, 0.3) is 0 Å². The molecule has 0 aliphatic rings. The molecule has 0 radical (unpaired) electrons. The number of ether oxygens (including phenoxy) is 2. The summed E-state index contributed by atoms with van der Waals surface area (Å²) in [5, 5.41) is 0. The highest BCUT2D eigenvalue weighted by molar-refractivity contribution is 9.10. The molecular formula is C14H12BrN3O2. The van der Waals surface area contributed by atoms with Crippen LogP contribution in [0.4, 0.5) is 0 Å². The number of nitrogens with zero attached hydrogens (tertiary/aromatic N) is 2. The van der Waals surface area contributed by atoms with Gasteiger partial charge in [-0.25, -0.2) is 9.97 Å².